The van der Waals surface area contributed by atoms with Crippen molar-refractivity contribution in [2.24, 2.45) is 35.5 Å². The summed E-state index contributed by atoms with van der Waals surface area (Å²) >= 11 is 0. The first-order valence-corrected chi connectivity index (χ1v) is 12.8. The molecule has 2 saturated carbocycles. The van der Waals surface area contributed by atoms with E-state index in [1.54, 1.807) is 12.1 Å². The molecule has 4 aliphatic carbocycles. The molecule has 8 atom stereocenters. The van der Waals surface area contributed by atoms with Crippen LogP contribution in [-0.2, 0) is 25.5 Å². The first kappa shape index (κ1) is 22.9. The van der Waals surface area contributed by atoms with E-state index in [0.717, 1.165) is 17.5 Å². The van der Waals surface area contributed by atoms with Crippen LogP contribution in [0.25, 0.3) is 0 Å². The van der Waals surface area contributed by atoms with Gasteiger partial charge in [-0.2, -0.15) is 0 Å². The first-order valence-electron chi connectivity index (χ1n) is 12.8. The van der Waals surface area contributed by atoms with E-state index in [0.29, 0.717) is 17.4 Å². The third-order valence-corrected chi connectivity index (χ3v) is 8.55. The van der Waals surface area contributed by atoms with Gasteiger partial charge in [-0.15, -0.1) is 0 Å². The molecule has 0 radical (unpaired) electrons. The summed E-state index contributed by atoms with van der Waals surface area (Å²) < 4.78 is 5.64. The molecule has 1 heterocycles. The van der Waals surface area contributed by atoms with E-state index >= 15 is 0 Å². The van der Waals surface area contributed by atoms with Gasteiger partial charge in [0, 0.05) is 12.0 Å². The van der Waals surface area contributed by atoms with Crippen LogP contribution in [0.5, 0.6) is 0 Å². The molecule has 36 heavy (non-hydrogen) atoms. The Bertz CT molecular complexity index is 1230. The van der Waals surface area contributed by atoms with Crippen LogP contribution in [0.15, 0.2) is 66.7 Å². The molecule has 184 valence electrons. The molecule has 0 N–H and O–H groups in total. The van der Waals surface area contributed by atoms with Gasteiger partial charge in [-0.1, -0.05) is 72.3 Å². The van der Waals surface area contributed by atoms with Gasteiger partial charge in [-0.25, -0.2) is 4.79 Å². The molecule has 0 spiro atoms. The number of ketones is 1. The van der Waals surface area contributed by atoms with Gasteiger partial charge in [-0.05, 0) is 49.5 Å². The molecular weight excluding hydrogens is 454 g/mol. The summed E-state index contributed by atoms with van der Waals surface area (Å²) in [5.41, 5.74) is 2.28. The lowest BCUT2D eigenvalue weighted by molar-refractivity contribution is -0.160. The molecule has 2 aromatic carbocycles. The highest BCUT2D eigenvalue weighted by Crippen LogP contribution is 2.65. The number of Topliss-reactive ketones (excluding diaryl/α,β-unsaturated/α-hetero) is 1. The van der Waals surface area contributed by atoms with Crippen LogP contribution in [-0.4, -0.2) is 40.6 Å². The maximum absolute atomic E-state index is 13.7. The molecule has 0 aromatic heterocycles. The van der Waals surface area contributed by atoms with Crippen molar-refractivity contribution >= 4 is 23.6 Å². The lowest BCUT2D eigenvalue weighted by atomic mass is 9.63. The summed E-state index contributed by atoms with van der Waals surface area (Å²) in [6.45, 7) is 3.46. The van der Waals surface area contributed by atoms with Crippen molar-refractivity contribution in [1.82, 2.24) is 4.90 Å². The topological polar surface area (TPSA) is 80.8 Å². The molecule has 1 aliphatic heterocycles. The van der Waals surface area contributed by atoms with Gasteiger partial charge in [0.05, 0.1) is 11.8 Å². The molecule has 3 fully saturated rings. The number of imide groups is 1. The minimum atomic E-state index is -1.11. The highest BCUT2D eigenvalue weighted by atomic mass is 16.5. The van der Waals surface area contributed by atoms with Crippen LogP contribution in [0.3, 0.4) is 0 Å². The Hall–Kier alpha value is -3.54. The number of carbonyl (C=O) groups excluding carboxylic acids is 4. The zero-order chi connectivity index (χ0) is 25.1. The summed E-state index contributed by atoms with van der Waals surface area (Å²) in [4.78, 5) is 55.1. The second-order valence-electron chi connectivity index (χ2n) is 10.7. The van der Waals surface area contributed by atoms with Gasteiger partial charge in [0.2, 0.25) is 17.6 Å². The van der Waals surface area contributed by atoms with Crippen molar-refractivity contribution in [1.29, 1.82) is 0 Å². The molecule has 2 amide bonds. The standard InChI is InChI=1S/C30H29NO5/c1-16-8-10-19(11-9-16)27(32)17(2)36-30(35)24(14-18-6-4-3-5-7-18)31-28(33)25-20-12-13-21(23-15-22(20)23)26(25)29(31)34/h3-13,17,20-26H,14-15H2,1-2H3/t17-,20-,21-,22-,23+,24-,25+,26+/m0/s1. The van der Waals surface area contributed by atoms with E-state index in [4.69, 9.17) is 4.74 Å². The Morgan fingerprint density at radius 3 is 2.08 bits per heavy atom. The van der Waals surface area contributed by atoms with Gasteiger partial charge in [0.1, 0.15) is 6.04 Å². The third kappa shape index (κ3) is 3.62. The Kier molecular flexibility index (Phi) is 5.43. The number of nitrogens with zero attached hydrogens (tertiary/aromatic N) is 1. The van der Waals surface area contributed by atoms with Crippen molar-refractivity contribution in [3.05, 3.63) is 83.4 Å². The normalized spacial score (nSPS) is 31.0. The molecule has 7 rings (SSSR count). The van der Waals surface area contributed by atoms with Gasteiger partial charge in [0.25, 0.3) is 0 Å². The largest absolute Gasteiger partial charge is 0.453 e. The van der Waals surface area contributed by atoms with Crippen LogP contribution in [0.1, 0.15) is 34.8 Å². The summed E-state index contributed by atoms with van der Waals surface area (Å²) in [7, 11) is 0. The molecule has 1 saturated heterocycles. The van der Waals surface area contributed by atoms with Crippen molar-refractivity contribution < 1.29 is 23.9 Å². The number of carbonyl (C=O) groups is 4. The molecule has 6 nitrogen and oxygen atoms in total. The lowest BCUT2D eigenvalue weighted by Crippen LogP contribution is -2.49. The number of hydrogen-bond acceptors (Lipinski definition) is 5. The Balaban J connectivity index is 1.27. The lowest BCUT2D eigenvalue weighted by Gasteiger charge is -2.37. The number of esters is 1. The predicted molar refractivity (Wildman–Crippen MR) is 132 cm³/mol. The number of hydrogen-bond donors (Lipinski definition) is 0. The van der Waals surface area contributed by atoms with Crippen molar-refractivity contribution in [3.8, 4) is 0 Å². The number of likely N-dealkylation sites (tertiary alicyclic amines) is 1. The van der Waals surface area contributed by atoms with E-state index in [9.17, 15) is 19.2 Å². The monoisotopic (exact) mass is 483 g/mol. The highest BCUT2D eigenvalue weighted by molar-refractivity contribution is 6.09. The van der Waals surface area contributed by atoms with Gasteiger partial charge in [-0.3, -0.25) is 19.3 Å². The second kappa shape index (κ2) is 8.54. The molecule has 0 unspecified atom stereocenters. The summed E-state index contributed by atoms with van der Waals surface area (Å²) in [6, 6.07) is 15.3. The summed E-state index contributed by atoms with van der Waals surface area (Å²) in [6.07, 6.45) is 4.41. The van der Waals surface area contributed by atoms with Gasteiger partial charge >= 0.3 is 5.97 Å². The predicted octanol–water partition coefficient (Wildman–Crippen LogP) is 3.77. The van der Waals surface area contributed by atoms with E-state index < -0.39 is 30.0 Å². The number of allylic oxidation sites excluding steroid dienone is 2. The van der Waals surface area contributed by atoms with Crippen molar-refractivity contribution in [3.63, 3.8) is 0 Å². The maximum Gasteiger partial charge on any atom is 0.330 e. The first-order chi connectivity index (χ1) is 17.3. The van der Waals surface area contributed by atoms with E-state index in [2.05, 4.69) is 12.2 Å². The fourth-order valence-corrected chi connectivity index (χ4v) is 6.66. The third-order valence-electron chi connectivity index (χ3n) is 8.55. The molecular formula is C30H29NO5. The number of ether oxygens (including phenoxy) is 1. The van der Waals surface area contributed by atoms with Gasteiger partial charge in [0.15, 0.2) is 6.10 Å². The summed E-state index contributed by atoms with van der Waals surface area (Å²) in [5, 5.41) is 0. The van der Waals surface area contributed by atoms with Crippen LogP contribution in [0.2, 0.25) is 0 Å². The minimum Gasteiger partial charge on any atom is -0.453 e. The quantitative estimate of drug-likeness (QED) is 0.259. The van der Waals surface area contributed by atoms with Crippen LogP contribution in [0.4, 0.5) is 0 Å². The Labute approximate surface area is 210 Å². The molecule has 6 heteroatoms. The molecule has 2 bridgehead atoms. The van der Waals surface area contributed by atoms with E-state index in [1.807, 2.05) is 49.4 Å². The van der Waals surface area contributed by atoms with Crippen molar-refractivity contribution in [2.75, 3.05) is 0 Å². The number of rotatable bonds is 7. The fraction of sp³-hybridized carbons (Fsp3) is 0.400. The zero-order valence-corrected chi connectivity index (χ0v) is 20.4. The maximum atomic E-state index is 13.7. The average Bonchev–Trinajstić information content (AvgIpc) is 3.67. The number of aryl methyl sites for hydroxylation is 1. The fourth-order valence-electron chi connectivity index (χ4n) is 6.66. The highest BCUT2D eigenvalue weighted by Gasteiger charge is 2.68. The summed E-state index contributed by atoms with van der Waals surface area (Å²) in [5.74, 6) is -1.29. The minimum absolute atomic E-state index is 0.0712. The van der Waals surface area contributed by atoms with Crippen LogP contribution < -0.4 is 0 Å². The van der Waals surface area contributed by atoms with Crippen LogP contribution in [0, 0.1) is 42.4 Å². The zero-order valence-electron chi connectivity index (χ0n) is 20.4. The average molecular weight is 484 g/mol. The SMILES string of the molecule is Cc1ccc(C(=O)[C@H](C)OC(=O)[C@H](Cc2ccccc2)N2C(=O)[C@@H]3[C@H]4C=C[C@@H]([C@@H]5C[C@H]45)[C@H]3C2=O)cc1. The Morgan fingerprint density at radius 2 is 1.50 bits per heavy atom. The number of amides is 2. The molecule has 5 aliphatic rings. The Morgan fingerprint density at radius 1 is 0.917 bits per heavy atom. The van der Waals surface area contributed by atoms with Crippen LogP contribution >= 0.6 is 0 Å². The van der Waals surface area contributed by atoms with Gasteiger partial charge < -0.3 is 4.74 Å². The number of benzene rings is 2. The van der Waals surface area contributed by atoms with E-state index in [1.165, 1.54) is 11.8 Å². The molecule has 2 aromatic rings. The van der Waals surface area contributed by atoms with E-state index in [-0.39, 0.29) is 35.9 Å². The van der Waals surface area contributed by atoms with Crippen molar-refractivity contribution in [2.45, 2.75) is 38.8 Å². The second-order valence-corrected chi connectivity index (χ2v) is 10.7. The smallest absolute Gasteiger partial charge is 0.330 e.